The Kier molecular flexibility index (Phi) is 4.18. The van der Waals surface area contributed by atoms with Crippen molar-refractivity contribution in [3.8, 4) is 5.75 Å². The zero-order valence-corrected chi connectivity index (χ0v) is 13.0. The van der Waals surface area contributed by atoms with Gasteiger partial charge in [-0.05, 0) is 36.0 Å². The molecule has 0 spiro atoms. The van der Waals surface area contributed by atoms with Gasteiger partial charge in [-0.1, -0.05) is 17.7 Å². The van der Waals surface area contributed by atoms with Gasteiger partial charge in [-0.2, -0.15) is 8.78 Å². The van der Waals surface area contributed by atoms with Gasteiger partial charge in [0, 0.05) is 6.20 Å². The van der Waals surface area contributed by atoms with Gasteiger partial charge in [0.05, 0.1) is 17.1 Å². The minimum absolute atomic E-state index is 0.0888. The van der Waals surface area contributed by atoms with Crippen molar-refractivity contribution in [3.05, 3.63) is 56.2 Å². The molecule has 2 aromatic heterocycles. The molecule has 1 aromatic carbocycles. The number of H-pyrrole nitrogens is 2. The molecular weight excluding hydrogens is 348 g/mol. The number of fused-ring (bicyclic) bond motifs is 1. The summed E-state index contributed by atoms with van der Waals surface area (Å²) in [5.41, 5.74) is 1.33. The molecule has 0 amide bonds. The third kappa shape index (κ3) is 3.13. The summed E-state index contributed by atoms with van der Waals surface area (Å²) in [4.78, 5) is 17.2. The summed E-state index contributed by atoms with van der Waals surface area (Å²) in [7, 11) is 0. The summed E-state index contributed by atoms with van der Waals surface area (Å²) in [6, 6.07) is 6.27. The highest BCUT2D eigenvalue weighted by atomic mass is 35.5. The molecule has 9 heteroatoms. The molecule has 0 atom stereocenters. The molecule has 0 aliphatic carbocycles. The molecule has 2 N–H and O–H groups in total. The smallest absolute Gasteiger partial charge is 0.387 e. The van der Waals surface area contributed by atoms with E-state index >= 15 is 0 Å². The van der Waals surface area contributed by atoms with Crippen LogP contribution in [0, 0.1) is 4.77 Å². The molecule has 3 aromatic rings. The normalized spacial score (nSPS) is 11.3. The fraction of sp³-hybridized carbons (Fsp3) is 0.143. The number of ether oxygens (including phenoxy) is 1. The van der Waals surface area contributed by atoms with Crippen LogP contribution in [0.1, 0.15) is 5.56 Å². The first-order valence-electron chi connectivity index (χ1n) is 6.49. The van der Waals surface area contributed by atoms with Crippen LogP contribution in [0.25, 0.3) is 11.0 Å². The van der Waals surface area contributed by atoms with Crippen LogP contribution in [0.4, 0.5) is 8.78 Å². The summed E-state index contributed by atoms with van der Waals surface area (Å²) >= 11 is 11.0. The van der Waals surface area contributed by atoms with Gasteiger partial charge in [-0.3, -0.25) is 9.78 Å². The average molecular weight is 358 g/mol. The van der Waals surface area contributed by atoms with Crippen molar-refractivity contribution in [2.75, 3.05) is 0 Å². The molecule has 3 rings (SSSR count). The quantitative estimate of drug-likeness (QED) is 0.700. The fourth-order valence-electron chi connectivity index (χ4n) is 2.28. The Morgan fingerprint density at radius 2 is 2.13 bits per heavy atom. The summed E-state index contributed by atoms with van der Waals surface area (Å²) in [5, 5.41) is 0.0888. The molecule has 0 saturated carbocycles. The maximum atomic E-state index is 12.4. The van der Waals surface area contributed by atoms with Gasteiger partial charge in [-0.15, -0.1) is 0 Å². The second kappa shape index (κ2) is 6.13. The first-order chi connectivity index (χ1) is 11.0. The van der Waals surface area contributed by atoms with E-state index in [1.54, 1.807) is 22.9 Å². The molecule has 0 aliphatic rings. The number of aromatic amines is 2. The SMILES string of the molecule is O=c1[nH]c(=S)n(Cc2ccc(Cl)c(OC(F)F)c2)c2cc[nH]c12. The Morgan fingerprint density at radius 3 is 2.87 bits per heavy atom. The van der Waals surface area contributed by atoms with E-state index in [-0.39, 0.29) is 27.6 Å². The molecule has 23 heavy (non-hydrogen) atoms. The van der Waals surface area contributed by atoms with E-state index in [0.29, 0.717) is 16.6 Å². The highest BCUT2D eigenvalue weighted by Crippen LogP contribution is 2.27. The monoisotopic (exact) mass is 357 g/mol. The van der Waals surface area contributed by atoms with E-state index in [4.69, 9.17) is 23.8 Å². The number of halogens is 3. The van der Waals surface area contributed by atoms with Crippen LogP contribution in [0.2, 0.25) is 5.02 Å². The number of nitrogens with one attached hydrogen (secondary N) is 2. The minimum atomic E-state index is -2.96. The van der Waals surface area contributed by atoms with Gasteiger partial charge in [0.1, 0.15) is 11.3 Å². The molecule has 0 aliphatic heterocycles. The van der Waals surface area contributed by atoms with E-state index in [1.165, 1.54) is 12.1 Å². The standard InChI is InChI=1S/C14H10ClF2N3O2S/c15-8-2-1-7(5-10(8)22-13(16)17)6-20-9-3-4-18-11(9)12(21)19-14(20)23/h1-5,13,18H,6H2,(H,19,21,23). The maximum absolute atomic E-state index is 12.4. The molecule has 0 saturated heterocycles. The summed E-state index contributed by atoms with van der Waals surface area (Å²) < 4.78 is 31.1. The number of hydrogen-bond donors (Lipinski definition) is 2. The fourth-order valence-corrected chi connectivity index (χ4v) is 2.69. The molecular formula is C14H10ClF2N3O2S. The Morgan fingerprint density at radius 1 is 1.35 bits per heavy atom. The summed E-state index contributed by atoms with van der Waals surface area (Å²) in [5.74, 6) is -0.111. The number of alkyl halides is 2. The van der Waals surface area contributed by atoms with Crippen LogP contribution in [0.5, 0.6) is 5.75 Å². The Balaban J connectivity index is 2.05. The van der Waals surface area contributed by atoms with Crippen molar-refractivity contribution in [2.45, 2.75) is 13.2 Å². The number of benzene rings is 1. The van der Waals surface area contributed by atoms with Crippen LogP contribution in [0.3, 0.4) is 0 Å². The Bertz CT molecular complexity index is 980. The lowest BCUT2D eigenvalue weighted by Gasteiger charge is -2.11. The van der Waals surface area contributed by atoms with Crippen molar-refractivity contribution in [1.82, 2.24) is 14.5 Å². The number of nitrogens with zero attached hydrogens (tertiary/aromatic N) is 1. The van der Waals surface area contributed by atoms with Crippen LogP contribution in [0.15, 0.2) is 35.3 Å². The van der Waals surface area contributed by atoms with Crippen molar-refractivity contribution in [3.63, 3.8) is 0 Å². The zero-order chi connectivity index (χ0) is 16.6. The zero-order valence-electron chi connectivity index (χ0n) is 11.5. The topological polar surface area (TPSA) is 62.8 Å². The highest BCUT2D eigenvalue weighted by molar-refractivity contribution is 7.71. The van der Waals surface area contributed by atoms with Crippen molar-refractivity contribution >= 4 is 34.9 Å². The minimum Gasteiger partial charge on any atom is -0.433 e. The van der Waals surface area contributed by atoms with Crippen LogP contribution < -0.4 is 10.3 Å². The van der Waals surface area contributed by atoms with E-state index < -0.39 is 6.61 Å². The van der Waals surface area contributed by atoms with Crippen LogP contribution in [-0.2, 0) is 6.54 Å². The molecule has 2 heterocycles. The molecule has 0 radical (unpaired) electrons. The molecule has 120 valence electrons. The summed E-state index contributed by atoms with van der Waals surface area (Å²) in [6.45, 7) is -2.70. The van der Waals surface area contributed by atoms with Crippen LogP contribution >= 0.6 is 23.8 Å². The maximum Gasteiger partial charge on any atom is 0.387 e. The van der Waals surface area contributed by atoms with Gasteiger partial charge in [0.25, 0.3) is 5.56 Å². The lowest BCUT2D eigenvalue weighted by Crippen LogP contribution is -2.14. The molecule has 0 unspecified atom stereocenters. The third-order valence-electron chi connectivity index (χ3n) is 3.26. The Labute approximate surface area is 138 Å². The van der Waals surface area contributed by atoms with E-state index in [2.05, 4.69) is 14.7 Å². The van der Waals surface area contributed by atoms with E-state index in [1.807, 2.05) is 0 Å². The van der Waals surface area contributed by atoms with Gasteiger partial charge in [-0.25, -0.2) is 0 Å². The van der Waals surface area contributed by atoms with E-state index in [0.717, 1.165) is 0 Å². The lowest BCUT2D eigenvalue weighted by molar-refractivity contribution is -0.0498. The van der Waals surface area contributed by atoms with Gasteiger partial charge in [0.2, 0.25) is 0 Å². The number of aromatic nitrogens is 3. The first-order valence-corrected chi connectivity index (χ1v) is 7.28. The predicted octanol–water partition coefficient (Wildman–Crippen LogP) is 3.69. The second-order valence-electron chi connectivity index (χ2n) is 4.73. The number of hydrogen-bond acceptors (Lipinski definition) is 3. The van der Waals surface area contributed by atoms with Crippen LogP contribution in [-0.4, -0.2) is 21.1 Å². The van der Waals surface area contributed by atoms with Crippen molar-refractivity contribution < 1.29 is 13.5 Å². The van der Waals surface area contributed by atoms with Gasteiger partial charge >= 0.3 is 6.61 Å². The Hall–Kier alpha value is -2.19. The van der Waals surface area contributed by atoms with E-state index in [9.17, 15) is 13.6 Å². The molecule has 0 fully saturated rings. The first kappa shape index (κ1) is 15.7. The second-order valence-corrected chi connectivity index (χ2v) is 5.52. The molecule has 5 nitrogen and oxygen atoms in total. The number of rotatable bonds is 4. The highest BCUT2D eigenvalue weighted by Gasteiger charge is 2.11. The van der Waals surface area contributed by atoms with Crippen molar-refractivity contribution in [2.24, 2.45) is 0 Å². The molecule has 0 bridgehead atoms. The lowest BCUT2D eigenvalue weighted by atomic mass is 10.2. The van der Waals surface area contributed by atoms with Crippen molar-refractivity contribution in [1.29, 1.82) is 0 Å². The van der Waals surface area contributed by atoms with Gasteiger partial charge in [0.15, 0.2) is 4.77 Å². The van der Waals surface area contributed by atoms with Gasteiger partial charge < -0.3 is 14.3 Å². The third-order valence-corrected chi connectivity index (χ3v) is 3.90. The predicted molar refractivity (Wildman–Crippen MR) is 84.9 cm³/mol. The average Bonchev–Trinajstić information content (AvgIpc) is 2.96. The summed E-state index contributed by atoms with van der Waals surface area (Å²) in [6.07, 6.45) is 1.62. The largest absolute Gasteiger partial charge is 0.433 e.